The Morgan fingerprint density at radius 3 is 2.95 bits per heavy atom. The van der Waals surface area contributed by atoms with Crippen molar-refractivity contribution in [2.45, 2.75) is 42.9 Å². The molecule has 19 heavy (non-hydrogen) atoms. The first-order chi connectivity index (χ1) is 9.26. The summed E-state index contributed by atoms with van der Waals surface area (Å²) < 4.78 is 6.62. The van der Waals surface area contributed by atoms with Crippen LogP contribution >= 0.6 is 11.8 Å². The van der Waals surface area contributed by atoms with E-state index in [-0.39, 0.29) is 12.0 Å². The van der Waals surface area contributed by atoms with Gasteiger partial charge in [0.1, 0.15) is 6.04 Å². The van der Waals surface area contributed by atoms with Crippen molar-refractivity contribution in [1.29, 1.82) is 0 Å². The number of carbonyl (C=O) groups is 1. The highest BCUT2D eigenvalue weighted by Gasteiger charge is 2.23. The topological polar surface area (TPSA) is 81.9 Å². The van der Waals surface area contributed by atoms with Gasteiger partial charge in [-0.05, 0) is 30.3 Å². The van der Waals surface area contributed by atoms with Gasteiger partial charge in [-0.15, -0.1) is 5.10 Å². The zero-order valence-electron chi connectivity index (χ0n) is 11.2. The number of esters is 1. The first-order valence-corrected chi connectivity index (χ1v) is 7.40. The van der Waals surface area contributed by atoms with Gasteiger partial charge in [-0.3, -0.25) is 4.79 Å². The van der Waals surface area contributed by atoms with Crippen LogP contribution in [0.4, 0.5) is 0 Å². The fourth-order valence-electron chi connectivity index (χ4n) is 2.23. The molecule has 0 aromatic carbocycles. The van der Waals surface area contributed by atoms with E-state index in [1.165, 1.54) is 31.7 Å². The number of carbonyl (C=O) groups excluding carboxylic acids is 1. The minimum atomic E-state index is -0.344. The van der Waals surface area contributed by atoms with Gasteiger partial charge in [0.15, 0.2) is 0 Å². The van der Waals surface area contributed by atoms with Crippen molar-refractivity contribution in [1.82, 2.24) is 25.5 Å². The standard InChI is InChI=1S/C11H19N5O2S/c1-12-9(10(17)18-2)7-19-11-13-14-15-16(11)8-5-3-4-6-8/h8-9,12H,3-7H2,1-2H3. The van der Waals surface area contributed by atoms with Crippen molar-refractivity contribution < 1.29 is 9.53 Å². The third-order valence-electron chi connectivity index (χ3n) is 3.35. The summed E-state index contributed by atoms with van der Waals surface area (Å²) in [5, 5.41) is 15.5. The molecule has 1 atom stereocenters. The number of hydrogen-bond acceptors (Lipinski definition) is 7. The number of methoxy groups -OCH3 is 1. The molecule has 1 aliphatic rings. The second-order valence-electron chi connectivity index (χ2n) is 4.52. The molecule has 1 aromatic heterocycles. The number of tetrazole rings is 1. The van der Waals surface area contributed by atoms with E-state index in [2.05, 4.69) is 20.8 Å². The fraction of sp³-hybridized carbons (Fsp3) is 0.818. The normalized spacial score (nSPS) is 17.6. The van der Waals surface area contributed by atoms with Crippen molar-refractivity contribution in [3.8, 4) is 0 Å². The summed E-state index contributed by atoms with van der Waals surface area (Å²) in [5.74, 6) is 0.283. The molecule has 0 aliphatic heterocycles. The molecule has 8 heteroatoms. The van der Waals surface area contributed by atoms with Gasteiger partial charge in [0, 0.05) is 5.75 Å². The van der Waals surface area contributed by atoms with Crippen LogP contribution in [0.5, 0.6) is 0 Å². The van der Waals surface area contributed by atoms with Gasteiger partial charge < -0.3 is 10.1 Å². The Morgan fingerprint density at radius 2 is 2.32 bits per heavy atom. The SMILES string of the molecule is CNC(CSc1nnnn1C1CCCC1)C(=O)OC. The molecule has 0 radical (unpaired) electrons. The molecule has 1 aliphatic carbocycles. The summed E-state index contributed by atoms with van der Waals surface area (Å²) in [6.45, 7) is 0. The Kier molecular flexibility index (Phi) is 5.15. The minimum absolute atomic E-state index is 0.269. The zero-order valence-corrected chi connectivity index (χ0v) is 12.0. The predicted molar refractivity (Wildman–Crippen MR) is 70.9 cm³/mol. The van der Waals surface area contributed by atoms with E-state index >= 15 is 0 Å². The quantitative estimate of drug-likeness (QED) is 0.606. The maximum absolute atomic E-state index is 11.5. The van der Waals surface area contributed by atoms with Crippen LogP contribution in [-0.2, 0) is 9.53 Å². The minimum Gasteiger partial charge on any atom is -0.468 e. The van der Waals surface area contributed by atoms with E-state index in [1.807, 2.05) is 4.68 Å². The van der Waals surface area contributed by atoms with Crippen LogP contribution in [0.1, 0.15) is 31.7 Å². The Hall–Kier alpha value is -1.15. The van der Waals surface area contributed by atoms with Gasteiger partial charge in [-0.2, -0.15) is 0 Å². The lowest BCUT2D eigenvalue weighted by atomic mass is 10.3. The van der Waals surface area contributed by atoms with Gasteiger partial charge in [0.2, 0.25) is 5.16 Å². The summed E-state index contributed by atoms with van der Waals surface area (Å²) in [7, 11) is 3.13. The first-order valence-electron chi connectivity index (χ1n) is 6.42. The van der Waals surface area contributed by atoms with Crippen LogP contribution < -0.4 is 5.32 Å². The van der Waals surface area contributed by atoms with Crippen molar-refractivity contribution in [2.24, 2.45) is 0 Å². The van der Waals surface area contributed by atoms with E-state index in [4.69, 9.17) is 4.74 Å². The summed E-state index contributed by atoms with van der Waals surface area (Å²) >= 11 is 1.48. The molecule has 0 saturated heterocycles. The van der Waals surface area contributed by atoms with Crippen LogP contribution in [-0.4, -0.2) is 52.1 Å². The number of nitrogens with one attached hydrogen (secondary N) is 1. The number of nitrogens with zero attached hydrogens (tertiary/aromatic N) is 4. The molecule has 1 unspecified atom stereocenters. The van der Waals surface area contributed by atoms with Crippen molar-refractivity contribution in [3.63, 3.8) is 0 Å². The van der Waals surface area contributed by atoms with Gasteiger partial charge >= 0.3 is 5.97 Å². The lowest BCUT2D eigenvalue weighted by Crippen LogP contribution is -2.37. The molecule has 1 aromatic rings. The van der Waals surface area contributed by atoms with Crippen LogP contribution in [0.15, 0.2) is 5.16 Å². The second kappa shape index (κ2) is 6.85. The third kappa shape index (κ3) is 3.44. The Bertz CT molecular complexity index is 419. The molecule has 2 rings (SSSR count). The number of aromatic nitrogens is 4. The molecule has 0 spiro atoms. The average molecular weight is 285 g/mol. The van der Waals surface area contributed by atoms with Gasteiger partial charge in [0.25, 0.3) is 0 Å². The smallest absolute Gasteiger partial charge is 0.323 e. The largest absolute Gasteiger partial charge is 0.468 e. The van der Waals surface area contributed by atoms with Crippen LogP contribution in [0.3, 0.4) is 0 Å². The summed E-state index contributed by atoms with van der Waals surface area (Å²) in [5.41, 5.74) is 0. The summed E-state index contributed by atoms with van der Waals surface area (Å²) in [6, 6.07) is 0.0624. The molecule has 1 saturated carbocycles. The molecule has 1 N–H and O–H groups in total. The lowest BCUT2D eigenvalue weighted by molar-refractivity contribution is -0.142. The predicted octanol–water partition coefficient (Wildman–Crippen LogP) is 0.641. The highest BCUT2D eigenvalue weighted by molar-refractivity contribution is 7.99. The summed E-state index contributed by atoms with van der Waals surface area (Å²) in [4.78, 5) is 11.5. The molecular formula is C11H19N5O2S. The number of likely N-dealkylation sites (N-methyl/N-ethyl adjacent to an activating group) is 1. The molecule has 1 fully saturated rings. The first kappa shape index (κ1) is 14.3. The van der Waals surface area contributed by atoms with E-state index in [1.54, 1.807) is 7.05 Å². The Labute approximate surface area is 116 Å². The maximum atomic E-state index is 11.5. The van der Waals surface area contributed by atoms with E-state index < -0.39 is 0 Å². The highest BCUT2D eigenvalue weighted by Crippen LogP contribution is 2.31. The highest BCUT2D eigenvalue weighted by atomic mass is 32.2. The maximum Gasteiger partial charge on any atom is 0.323 e. The molecule has 1 heterocycles. The van der Waals surface area contributed by atoms with Gasteiger partial charge in [0.05, 0.1) is 13.2 Å². The van der Waals surface area contributed by atoms with Gasteiger partial charge in [-0.1, -0.05) is 24.6 Å². The number of rotatable bonds is 6. The fourth-order valence-corrected chi connectivity index (χ4v) is 3.26. The van der Waals surface area contributed by atoms with E-state index in [0.29, 0.717) is 11.8 Å². The zero-order chi connectivity index (χ0) is 13.7. The van der Waals surface area contributed by atoms with Crippen LogP contribution in [0.25, 0.3) is 0 Å². The molecule has 7 nitrogen and oxygen atoms in total. The Morgan fingerprint density at radius 1 is 1.58 bits per heavy atom. The Balaban J connectivity index is 1.95. The number of hydrogen-bond donors (Lipinski definition) is 1. The van der Waals surface area contributed by atoms with Crippen molar-refractivity contribution in [2.75, 3.05) is 19.9 Å². The van der Waals surface area contributed by atoms with Crippen molar-refractivity contribution in [3.05, 3.63) is 0 Å². The lowest BCUT2D eigenvalue weighted by Gasteiger charge is -2.14. The number of ether oxygens (including phenoxy) is 1. The van der Waals surface area contributed by atoms with E-state index in [0.717, 1.165) is 18.0 Å². The molecule has 0 amide bonds. The van der Waals surface area contributed by atoms with E-state index in [9.17, 15) is 4.79 Å². The average Bonchev–Trinajstić information content (AvgIpc) is 3.09. The van der Waals surface area contributed by atoms with Gasteiger partial charge in [-0.25, -0.2) is 4.68 Å². The molecule has 106 valence electrons. The molecular weight excluding hydrogens is 266 g/mol. The molecule has 0 bridgehead atoms. The van der Waals surface area contributed by atoms with Crippen molar-refractivity contribution >= 4 is 17.7 Å². The second-order valence-corrected chi connectivity index (χ2v) is 5.51. The monoisotopic (exact) mass is 285 g/mol. The number of thioether (sulfide) groups is 1. The van der Waals surface area contributed by atoms with Crippen LogP contribution in [0, 0.1) is 0 Å². The van der Waals surface area contributed by atoms with Crippen LogP contribution in [0.2, 0.25) is 0 Å². The third-order valence-corrected chi connectivity index (χ3v) is 4.37. The summed E-state index contributed by atoms with van der Waals surface area (Å²) in [6.07, 6.45) is 4.72.